The van der Waals surface area contributed by atoms with Gasteiger partial charge in [0.1, 0.15) is 5.60 Å². The Morgan fingerprint density at radius 1 is 1.32 bits per heavy atom. The molecule has 142 valence electrons. The summed E-state index contributed by atoms with van der Waals surface area (Å²) in [5, 5.41) is 11.1. The summed E-state index contributed by atoms with van der Waals surface area (Å²) in [6.07, 6.45) is 6.09. The quantitative estimate of drug-likeness (QED) is 0.533. The minimum absolute atomic E-state index is 0.128. The molecule has 0 bridgehead atoms. The molecule has 0 unspecified atom stereocenters. The van der Waals surface area contributed by atoms with Crippen LogP contribution in [0.2, 0.25) is 0 Å². The van der Waals surface area contributed by atoms with E-state index in [0.717, 1.165) is 18.4 Å². The molecule has 0 aliphatic carbocycles. The number of rotatable bonds is 8. The molecule has 0 spiro atoms. The van der Waals surface area contributed by atoms with Crippen molar-refractivity contribution in [3.05, 3.63) is 23.4 Å². The maximum Gasteiger partial charge on any atom is 0.201 e. The monoisotopic (exact) mass is 349 g/mol. The van der Waals surface area contributed by atoms with Gasteiger partial charge in [-0.2, -0.15) is 0 Å². The molecule has 1 rings (SSSR count). The molecule has 1 heterocycles. The number of hydrogen-bond acceptors (Lipinski definition) is 4. The average molecular weight is 350 g/mol. The van der Waals surface area contributed by atoms with Crippen molar-refractivity contribution in [1.82, 2.24) is 4.90 Å². The molecule has 25 heavy (non-hydrogen) atoms. The second-order valence-electron chi connectivity index (χ2n) is 7.71. The molecule has 0 fully saturated rings. The van der Waals surface area contributed by atoms with Crippen LogP contribution in [0.5, 0.6) is 0 Å². The largest absolute Gasteiger partial charge is 0.379 e. The van der Waals surface area contributed by atoms with Gasteiger partial charge in [-0.05, 0) is 25.7 Å². The van der Waals surface area contributed by atoms with Crippen LogP contribution in [0.25, 0.3) is 0 Å². The molecule has 0 aromatic carbocycles. The van der Waals surface area contributed by atoms with Crippen molar-refractivity contribution in [2.45, 2.75) is 79.4 Å². The van der Waals surface area contributed by atoms with Crippen molar-refractivity contribution in [3.63, 3.8) is 0 Å². The van der Waals surface area contributed by atoms with Gasteiger partial charge in [-0.3, -0.25) is 9.59 Å². The summed E-state index contributed by atoms with van der Waals surface area (Å²) < 4.78 is 0. The third-order valence-electron chi connectivity index (χ3n) is 5.33. The van der Waals surface area contributed by atoms with Crippen molar-refractivity contribution in [3.8, 4) is 0 Å². The molecule has 0 radical (unpaired) electrons. The number of ketones is 2. The van der Waals surface area contributed by atoms with Gasteiger partial charge < -0.3 is 10.0 Å². The topological polar surface area (TPSA) is 57.6 Å². The molecule has 4 nitrogen and oxygen atoms in total. The number of allylic oxidation sites excluding steroid dienone is 1. The summed E-state index contributed by atoms with van der Waals surface area (Å²) in [6, 6.07) is -0.434. The minimum atomic E-state index is -1.60. The van der Waals surface area contributed by atoms with Crippen LogP contribution in [0, 0.1) is 11.8 Å². The zero-order chi connectivity index (χ0) is 19.4. The number of aliphatic hydroxyl groups is 1. The number of hydrogen-bond donors (Lipinski definition) is 1. The van der Waals surface area contributed by atoms with Gasteiger partial charge >= 0.3 is 0 Å². The van der Waals surface area contributed by atoms with Crippen LogP contribution < -0.4 is 0 Å². The molecule has 1 aliphatic heterocycles. The van der Waals surface area contributed by atoms with Crippen LogP contribution >= 0.6 is 0 Å². The van der Waals surface area contributed by atoms with E-state index in [1.807, 2.05) is 11.8 Å². The van der Waals surface area contributed by atoms with E-state index in [-0.39, 0.29) is 17.8 Å². The first-order chi connectivity index (χ1) is 11.6. The highest BCUT2D eigenvalue weighted by atomic mass is 16.3. The lowest BCUT2D eigenvalue weighted by atomic mass is 9.78. The fraction of sp³-hybridized carbons (Fsp3) is 0.714. The van der Waals surface area contributed by atoms with E-state index in [1.165, 1.54) is 0 Å². The van der Waals surface area contributed by atoms with Gasteiger partial charge in [-0.1, -0.05) is 59.1 Å². The molecular formula is C21H35NO3. The molecule has 1 N–H and O–H groups in total. The van der Waals surface area contributed by atoms with Crippen LogP contribution in [0.1, 0.15) is 67.7 Å². The number of Topliss-reactive ketones (excluding diaryl/α,β-unsaturated/α-hetero) is 2. The van der Waals surface area contributed by atoms with Crippen molar-refractivity contribution in [1.29, 1.82) is 0 Å². The van der Waals surface area contributed by atoms with Gasteiger partial charge in [0, 0.05) is 19.2 Å². The molecule has 0 amide bonds. The highest BCUT2D eigenvalue weighted by Gasteiger charge is 2.48. The highest BCUT2D eigenvalue weighted by molar-refractivity contribution is 6.23. The van der Waals surface area contributed by atoms with E-state index in [0.29, 0.717) is 18.4 Å². The summed E-state index contributed by atoms with van der Waals surface area (Å²) in [5.41, 5.74) is -0.491. The first-order valence-electron chi connectivity index (χ1n) is 9.56. The maximum absolute atomic E-state index is 12.8. The van der Waals surface area contributed by atoms with E-state index >= 15 is 0 Å². The molecular weight excluding hydrogens is 314 g/mol. The van der Waals surface area contributed by atoms with Gasteiger partial charge in [0.05, 0.1) is 11.6 Å². The Labute approximate surface area is 153 Å². The summed E-state index contributed by atoms with van der Waals surface area (Å²) in [6.45, 7) is 14.5. The van der Waals surface area contributed by atoms with Gasteiger partial charge in [-0.25, -0.2) is 0 Å². The number of carbonyl (C=O) groups is 2. The van der Waals surface area contributed by atoms with E-state index in [9.17, 15) is 14.7 Å². The Morgan fingerprint density at radius 3 is 2.40 bits per heavy atom. The standard InChI is InChI=1S/C21H35NO3/c1-8-14(4)11-16(6)19-21(7,25)20(24)17(18(23)10-3)13-22(19)12-15(5)9-2/h11,13-15,19,25H,8-10,12H2,1-7H3/b16-11+/t14-,15+,19-,21+/m1/s1. The van der Waals surface area contributed by atoms with E-state index < -0.39 is 17.4 Å². The summed E-state index contributed by atoms with van der Waals surface area (Å²) in [5.74, 6) is 0.110. The van der Waals surface area contributed by atoms with E-state index in [1.54, 1.807) is 20.0 Å². The highest BCUT2D eigenvalue weighted by Crippen LogP contribution is 2.34. The molecule has 0 saturated heterocycles. The van der Waals surface area contributed by atoms with Crippen molar-refractivity contribution in [2.24, 2.45) is 11.8 Å². The third kappa shape index (κ3) is 4.81. The summed E-state index contributed by atoms with van der Waals surface area (Å²) in [4.78, 5) is 27.1. The maximum atomic E-state index is 12.8. The lowest BCUT2D eigenvalue weighted by Gasteiger charge is -2.45. The molecule has 1 aliphatic rings. The smallest absolute Gasteiger partial charge is 0.201 e. The lowest BCUT2D eigenvalue weighted by molar-refractivity contribution is -0.140. The van der Waals surface area contributed by atoms with Crippen LogP contribution in [-0.4, -0.2) is 39.8 Å². The molecule has 4 heteroatoms. The first-order valence-corrected chi connectivity index (χ1v) is 9.56. The van der Waals surface area contributed by atoms with Crippen LogP contribution in [0.15, 0.2) is 23.4 Å². The number of carbonyl (C=O) groups excluding carboxylic acids is 2. The zero-order valence-electron chi connectivity index (χ0n) is 16.9. The summed E-state index contributed by atoms with van der Waals surface area (Å²) >= 11 is 0. The average Bonchev–Trinajstić information content (AvgIpc) is 2.56. The van der Waals surface area contributed by atoms with Crippen molar-refractivity contribution >= 4 is 11.6 Å². The van der Waals surface area contributed by atoms with Crippen molar-refractivity contribution in [2.75, 3.05) is 6.54 Å². The molecule has 0 saturated carbocycles. The second-order valence-corrected chi connectivity index (χ2v) is 7.71. The predicted octanol–water partition coefficient (Wildman–Crippen LogP) is 3.89. The fourth-order valence-corrected chi connectivity index (χ4v) is 3.42. The number of nitrogens with zero attached hydrogens (tertiary/aromatic N) is 1. The fourth-order valence-electron chi connectivity index (χ4n) is 3.42. The van der Waals surface area contributed by atoms with E-state index in [4.69, 9.17) is 0 Å². The van der Waals surface area contributed by atoms with E-state index in [2.05, 4.69) is 33.8 Å². The van der Waals surface area contributed by atoms with Crippen molar-refractivity contribution < 1.29 is 14.7 Å². The molecule has 0 aromatic rings. The first kappa shape index (κ1) is 21.6. The zero-order valence-corrected chi connectivity index (χ0v) is 16.9. The Balaban J connectivity index is 3.43. The Kier molecular flexibility index (Phi) is 7.61. The van der Waals surface area contributed by atoms with Gasteiger partial charge in [0.25, 0.3) is 0 Å². The molecule has 4 atom stereocenters. The lowest BCUT2D eigenvalue weighted by Crippen LogP contribution is -2.59. The van der Waals surface area contributed by atoms with Gasteiger partial charge in [0.15, 0.2) is 5.78 Å². The third-order valence-corrected chi connectivity index (χ3v) is 5.33. The van der Waals surface area contributed by atoms with Gasteiger partial charge in [-0.15, -0.1) is 0 Å². The molecule has 0 aromatic heterocycles. The normalized spacial score (nSPS) is 27.1. The predicted molar refractivity (Wildman–Crippen MR) is 102 cm³/mol. The van der Waals surface area contributed by atoms with Crippen LogP contribution in [0.3, 0.4) is 0 Å². The SMILES string of the molecule is CCC(=O)C1=CN(C[C@@H](C)CC)[C@H](/C(C)=C/[C@H](C)CC)[C@](C)(O)C1=O. The second kappa shape index (κ2) is 8.79. The van der Waals surface area contributed by atoms with Crippen LogP contribution in [0.4, 0.5) is 0 Å². The van der Waals surface area contributed by atoms with Crippen LogP contribution in [-0.2, 0) is 9.59 Å². The minimum Gasteiger partial charge on any atom is -0.379 e. The van der Waals surface area contributed by atoms with Gasteiger partial charge in [0.2, 0.25) is 5.78 Å². The Morgan fingerprint density at radius 2 is 1.92 bits per heavy atom. The Bertz CT molecular complexity index is 559. The Hall–Kier alpha value is -1.42. The summed E-state index contributed by atoms with van der Waals surface area (Å²) in [7, 11) is 0.